The highest BCUT2D eigenvalue weighted by atomic mass is 16.6. The Kier molecular flexibility index (Phi) is 7.80. The summed E-state index contributed by atoms with van der Waals surface area (Å²) in [5.74, 6) is -1.56. The smallest absolute Gasteiger partial charge is 0.408 e. The molecule has 0 spiro atoms. The Balaban J connectivity index is 2.20. The van der Waals surface area contributed by atoms with Gasteiger partial charge in [-0.15, -0.1) is 0 Å². The number of nitrogens with one attached hydrogen (secondary N) is 1. The van der Waals surface area contributed by atoms with Crippen LogP contribution in [0.15, 0.2) is 48.5 Å². The van der Waals surface area contributed by atoms with Gasteiger partial charge in [0.2, 0.25) is 0 Å². The first-order chi connectivity index (χ1) is 14.4. The summed E-state index contributed by atoms with van der Waals surface area (Å²) in [6.45, 7) is 8.69. The molecule has 166 valence electrons. The van der Waals surface area contributed by atoms with E-state index < -0.39 is 29.7 Å². The van der Waals surface area contributed by atoms with Crippen LogP contribution in [0.5, 0.6) is 0 Å². The molecule has 0 heterocycles. The molecule has 0 aliphatic heterocycles. The Labute approximate surface area is 182 Å². The topological polar surface area (TPSA) is 102 Å². The zero-order valence-electron chi connectivity index (χ0n) is 18.5. The molecule has 0 aliphatic rings. The number of esters is 1. The van der Waals surface area contributed by atoms with Crippen molar-refractivity contribution in [3.63, 3.8) is 0 Å². The largest absolute Gasteiger partial charge is 0.480 e. The van der Waals surface area contributed by atoms with Gasteiger partial charge in [0.05, 0.1) is 11.7 Å². The number of hydrogen-bond donors (Lipinski definition) is 2. The first kappa shape index (κ1) is 23.9. The molecule has 2 N–H and O–H groups in total. The van der Waals surface area contributed by atoms with E-state index in [-0.39, 0.29) is 12.5 Å². The van der Waals surface area contributed by atoms with Crippen molar-refractivity contribution < 1.29 is 29.0 Å². The number of carboxylic acids is 1. The van der Waals surface area contributed by atoms with Gasteiger partial charge < -0.3 is 19.9 Å². The molecule has 2 rings (SSSR count). The van der Waals surface area contributed by atoms with Crippen LogP contribution in [0.2, 0.25) is 0 Å². The Morgan fingerprint density at radius 2 is 1.61 bits per heavy atom. The number of amides is 1. The number of carboxylic acid groups (broad SMARTS) is 1. The normalized spacial score (nSPS) is 12.2. The van der Waals surface area contributed by atoms with Gasteiger partial charge in [-0.2, -0.15) is 0 Å². The maximum Gasteiger partial charge on any atom is 0.408 e. The molecular formula is C24H29NO6. The van der Waals surface area contributed by atoms with E-state index in [1.165, 1.54) is 0 Å². The zero-order chi connectivity index (χ0) is 23.2. The molecule has 1 atom stereocenters. The third kappa shape index (κ3) is 7.77. The summed E-state index contributed by atoms with van der Waals surface area (Å²) in [6, 6.07) is 13.2. The highest BCUT2D eigenvalue weighted by Gasteiger charge is 2.24. The average Bonchev–Trinajstić information content (AvgIpc) is 2.66. The van der Waals surface area contributed by atoms with Gasteiger partial charge in [-0.1, -0.05) is 36.4 Å². The fourth-order valence-electron chi connectivity index (χ4n) is 2.87. The molecule has 1 amide bonds. The SMILES string of the molecule is CC(C)OC(=O)c1cccc(-c2cccc(CC(NC(=O)OC(C)(C)C)C(=O)O)c2)c1. The molecule has 0 radical (unpaired) electrons. The van der Waals surface area contributed by atoms with Crippen LogP contribution >= 0.6 is 0 Å². The van der Waals surface area contributed by atoms with Crippen LogP contribution in [0.25, 0.3) is 11.1 Å². The van der Waals surface area contributed by atoms with Crippen molar-refractivity contribution in [1.82, 2.24) is 5.32 Å². The number of ether oxygens (including phenoxy) is 2. The van der Waals surface area contributed by atoms with Crippen molar-refractivity contribution in [2.75, 3.05) is 0 Å². The van der Waals surface area contributed by atoms with Crippen molar-refractivity contribution >= 4 is 18.0 Å². The summed E-state index contributed by atoms with van der Waals surface area (Å²) in [6.07, 6.45) is -0.922. The summed E-state index contributed by atoms with van der Waals surface area (Å²) in [7, 11) is 0. The molecule has 2 aromatic carbocycles. The fourth-order valence-corrected chi connectivity index (χ4v) is 2.87. The molecule has 0 saturated carbocycles. The molecule has 7 nitrogen and oxygen atoms in total. The maximum atomic E-state index is 12.2. The number of benzene rings is 2. The lowest BCUT2D eigenvalue weighted by Crippen LogP contribution is -2.44. The van der Waals surface area contributed by atoms with E-state index in [9.17, 15) is 19.5 Å². The lowest BCUT2D eigenvalue weighted by molar-refractivity contribution is -0.139. The van der Waals surface area contributed by atoms with E-state index >= 15 is 0 Å². The van der Waals surface area contributed by atoms with E-state index in [4.69, 9.17) is 9.47 Å². The molecule has 31 heavy (non-hydrogen) atoms. The quantitative estimate of drug-likeness (QED) is 0.634. The summed E-state index contributed by atoms with van der Waals surface area (Å²) < 4.78 is 10.4. The molecule has 7 heteroatoms. The molecule has 0 bridgehead atoms. The highest BCUT2D eigenvalue weighted by Crippen LogP contribution is 2.23. The predicted octanol–water partition coefficient (Wildman–Crippen LogP) is 4.44. The predicted molar refractivity (Wildman–Crippen MR) is 117 cm³/mol. The van der Waals surface area contributed by atoms with Gasteiger partial charge in [0, 0.05) is 6.42 Å². The Morgan fingerprint density at radius 3 is 2.19 bits per heavy atom. The molecule has 0 aliphatic carbocycles. The minimum Gasteiger partial charge on any atom is -0.480 e. The third-order valence-corrected chi connectivity index (χ3v) is 4.13. The van der Waals surface area contributed by atoms with E-state index in [1.54, 1.807) is 65.0 Å². The Bertz CT molecular complexity index is 945. The van der Waals surface area contributed by atoms with Crippen molar-refractivity contribution in [2.24, 2.45) is 0 Å². The van der Waals surface area contributed by atoms with Crippen LogP contribution in [0, 0.1) is 0 Å². The number of hydrogen-bond acceptors (Lipinski definition) is 5. The van der Waals surface area contributed by atoms with Crippen LogP contribution in [0.3, 0.4) is 0 Å². The van der Waals surface area contributed by atoms with E-state index in [2.05, 4.69) is 5.32 Å². The van der Waals surface area contributed by atoms with Gasteiger partial charge >= 0.3 is 18.0 Å². The number of alkyl carbamates (subject to hydrolysis) is 1. The summed E-state index contributed by atoms with van der Waals surface area (Å²) >= 11 is 0. The monoisotopic (exact) mass is 427 g/mol. The van der Waals surface area contributed by atoms with Gasteiger partial charge in [-0.3, -0.25) is 0 Å². The van der Waals surface area contributed by atoms with Crippen molar-refractivity contribution in [1.29, 1.82) is 0 Å². The van der Waals surface area contributed by atoms with Crippen molar-refractivity contribution in [3.8, 4) is 11.1 Å². The van der Waals surface area contributed by atoms with Crippen molar-refractivity contribution in [2.45, 2.75) is 58.8 Å². The maximum absolute atomic E-state index is 12.2. The van der Waals surface area contributed by atoms with E-state index in [1.807, 2.05) is 18.2 Å². The molecular weight excluding hydrogens is 398 g/mol. The molecule has 0 fully saturated rings. The highest BCUT2D eigenvalue weighted by molar-refractivity contribution is 5.91. The first-order valence-corrected chi connectivity index (χ1v) is 10.1. The lowest BCUT2D eigenvalue weighted by Gasteiger charge is -2.22. The number of rotatable bonds is 7. The minimum absolute atomic E-state index is 0.0809. The van der Waals surface area contributed by atoms with Crippen LogP contribution in [0.4, 0.5) is 4.79 Å². The van der Waals surface area contributed by atoms with E-state index in [0.717, 1.165) is 16.7 Å². The average molecular weight is 427 g/mol. The third-order valence-electron chi connectivity index (χ3n) is 4.13. The van der Waals surface area contributed by atoms with Crippen LogP contribution in [-0.4, -0.2) is 40.9 Å². The van der Waals surface area contributed by atoms with E-state index in [0.29, 0.717) is 5.56 Å². The number of aliphatic carboxylic acids is 1. The second kappa shape index (κ2) is 10.1. The van der Waals surface area contributed by atoms with Gasteiger partial charge in [-0.05, 0) is 63.4 Å². The second-order valence-electron chi connectivity index (χ2n) is 8.48. The summed E-state index contributed by atoms with van der Waals surface area (Å²) in [5.41, 5.74) is 2.04. The van der Waals surface area contributed by atoms with Crippen molar-refractivity contribution in [3.05, 3.63) is 59.7 Å². The molecule has 0 aromatic heterocycles. The first-order valence-electron chi connectivity index (χ1n) is 10.1. The van der Waals surface area contributed by atoms with Crippen LogP contribution in [-0.2, 0) is 20.7 Å². The zero-order valence-corrected chi connectivity index (χ0v) is 18.5. The lowest BCUT2D eigenvalue weighted by atomic mass is 9.98. The number of carbonyl (C=O) groups is 3. The van der Waals surface area contributed by atoms with Gasteiger partial charge in [0.15, 0.2) is 0 Å². The van der Waals surface area contributed by atoms with Gasteiger partial charge in [0.1, 0.15) is 11.6 Å². The molecule has 1 unspecified atom stereocenters. The second-order valence-corrected chi connectivity index (χ2v) is 8.48. The summed E-state index contributed by atoms with van der Waals surface area (Å²) in [4.78, 5) is 35.8. The standard InChI is InChI=1S/C24H29NO6/c1-15(2)30-22(28)19-11-7-10-18(14-19)17-9-6-8-16(12-17)13-20(21(26)27)25-23(29)31-24(3,4)5/h6-12,14-15,20H,13H2,1-5H3,(H,25,29)(H,26,27). The Hall–Kier alpha value is -3.35. The Morgan fingerprint density at radius 1 is 1.00 bits per heavy atom. The van der Waals surface area contributed by atoms with Gasteiger partial charge in [0.25, 0.3) is 0 Å². The number of carbonyl (C=O) groups excluding carboxylic acids is 2. The van der Waals surface area contributed by atoms with Crippen LogP contribution in [0.1, 0.15) is 50.5 Å². The van der Waals surface area contributed by atoms with Gasteiger partial charge in [-0.25, -0.2) is 14.4 Å². The molecule has 2 aromatic rings. The minimum atomic E-state index is -1.16. The van der Waals surface area contributed by atoms with Crippen LogP contribution < -0.4 is 5.32 Å². The fraction of sp³-hybridized carbons (Fsp3) is 0.375. The molecule has 0 saturated heterocycles. The summed E-state index contributed by atoms with van der Waals surface area (Å²) in [5, 5.41) is 11.9.